The van der Waals surface area contributed by atoms with E-state index in [-0.39, 0.29) is 35.6 Å². The van der Waals surface area contributed by atoms with Crippen LogP contribution in [0.25, 0.3) is 0 Å². The van der Waals surface area contributed by atoms with Crippen molar-refractivity contribution >= 4 is 17.9 Å². The zero-order valence-electron chi connectivity index (χ0n) is 14.8. The average Bonchev–Trinajstić information content (AvgIpc) is 2.61. The molecule has 1 amide bonds. The summed E-state index contributed by atoms with van der Waals surface area (Å²) in [7, 11) is 0. The Hall–Kier alpha value is -3.22. The summed E-state index contributed by atoms with van der Waals surface area (Å²) >= 11 is 0. The maximum absolute atomic E-state index is 12.1. The van der Waals surface area contributed by atoms with Gasteiger partial charge in [0.15, 0.2) is 12.9 Å². The number of carbonyl (C=O) groups is 2. The third kappa shape index (κ3) is 4.66. The van der Waals surface area contributed by atoms with Crippen LogP contribution in [0.3, 0.4) is 0 Å². The van der Waals surface area contributed by atoms with Gasteiger partial charge in [0.2, 0.25) is 0 Å². The summed E-state index contributed by atoms with van der Waals surface area (Å²) in [5.74, 6) is -0.231. The van der Waals surface area contributed by atoms with Crippen LogP contribution < -0.4 is 10.1 Å². The van der Waals surface area contributed by atoms with Crippen molar-refractivity contribution in [2.45, 2.75) is 26.8 Å². The molecule has 0 saturated heterocycles. The molecule has 1 atom stereocenters. The minimum Gasteiger partial charge on any atom is -0.483 e. The average molecular weight is 356 g/mol. The van der Waals surface area contributed by atoms with E-state index in [2.05, 4.69) is 5.32 Å². The Labute approximate surface area is 151 Å². The molecule has 0 spiro atoms. The first-order valence-corrected chi connectivity index (χ1v) is 8.04. The molecule has 0 aromatic heterocycles. The third-order valence-electron chi connectivity index (χ3n) is 4.10. The molecule has 0 radical (unpaired) electrons. The number of nitro groups is 1. The highest BCUT2D eigenvalue weighted by molar-refractivity contribution is 5.82. The van der Waals surface area contributed by atoms with Crippen LogP contribution in [0.1, 0.15) is 40.0 Å². The quantitative estimate of drug-likeness (QED) is 0.466. The Morgan fingerprint density at radius 2 is 1.96 bits per heavy atom. The highest BCUT2D eigenvalue weighted by atomic mass is 16.6. The van der Waals surface area contributed by atoms with Gasteiger partial charge in [0.25, 0.3) is 11.6 Å². The van der Waals surface area contributed by atoms with Gasteiger partial charge in [-0.3, -0.25) is 19.7 Å². The van der Waals surface area contributed by atoms with Gasteiger partial charge in [-0.05, 0) is 43.5 Å². The smallest absolute Gasteiger partial charge is 0.270 e. The number of nitrogens with one attached hydrogen (secondary N) is 1. The topological polar surface area (TPSA) is 98.5 Å². The van der Waals surface area contributed by atoms with Crippen molar-refractivity contribution in [1.29, 1.82) is 0 Å². The van der Waals surface area contributed by atoms with Crippen molar-refractivity contribution < 1.29 is 19.2 Å². The van der Waals surface area contributed by atoms with Gasteiger partial charge in [0, 0.05) is 12.1 Å². The lowest BCUT2D eigenvalue weighted by molar-refractivity contribution is -0.384. The molecule has 2 rings (SSSR count). The summed E-state index contributed by atoms with van der Waals surface area (Å²) < 4.78 is 5.34. The van der Waals surface area contributed by atoms with E-state index in [1.165, 1.54) is 17.7 Å². The SMILES string of the molecule is Cc1ccc(C(C)NC(=O)COc2ccc([N+](=O)[O-])cc2C=O)cc1C. The Morgan fingerprint density at radius 1 is 1.23 bits per heavy atom. The fourth-order valence-corrected chi connectivity index (χ4v) is 2.42. The van der Waals surface area contributed by atoms with Gasteiger partial charge in [-0.2, -0.15) is 0 Å². The number of benzene rings is 2. The molecule has 0 aliphatic heterocycles. The number of carbonyl (C=O) groups excluding carboxylic acids is 2. The number of non-ortho nitro benzene ring substituents is 1. The van der Waals surface area contributed by atoms with Gasteiger partial charge in [0.1, 0.15) is 5.75 Å². The predicted molar refractivity (Wildman–Crippen MR) is 96.5 cm³/mol. The fourth-order valence-electron chi connectivity index (χ4n) is 2.42. The van der Waals surface area contributed by atoms with Crippen LogP contribution >= 0.6 is 0 Å². The highest BCUT2D eigenvalue weighted by Crippen LogP contribution is 2.23. The number of rotatable bonds is 7. The standard InChI is InChI=1S/C19H20N2O5/c1-12-4-5-15(8-13(12)2)14(3)20-19(23)11-26-18-7-6-17(21(24)25)9-16(18)10-22/h4-10,14H,11H2,1-3H3,(H,20,23). The summed E-state index contributed by atoms with van der Waals surface area (Å²) in [5.41, 5.74) is 3.10. The van der Waals surface area contributed by atoms with E-state index in [4.69, 9.17) is 4.74 Å². The summed E-state index contributed by atoms with van der Waals surface area (Å²) in [6.45, 7) is 5.59. The number of ether oxygens (including phenoxy) is 1. The summed E-state index contributed by atoms with van der Waals surface area (Å²) in [4.78, 5) is 33.3. The monoisotopic (exact) mass is 356 g/mol. The zero-order valence-corrected chi connectivity index (χ0v) is 14.8. The Kier molecular flexibility index (Phi) is 6.06. The molecule has 7 heteroatoms. The predicted octanol–water partition coefficient (Wildman–Crippen LogP) is 3.28. The molecule has 0 bridgehead atoms. The van der Waals surface area contributed by atoms with E-state index in [0.29, 0.717) is 6.29 Å². The number of hydrogen-bond acceptors (Lipinski definition) is 5. The summed E-state index contributed by atoms with van der Waals surface area (Å²) in [5, 5.41) is 13.6. The van der Waals surface area contributed by atoms with Gasteiger partial charge in [-0.15, -0.1) is 0 Å². The Balaban J connectivity index is 1.99. The van der Waals surface area contributed by atoms with E-state index in [0.717, 1.165) is 17.2 Å². The Morgan fingerprint density at radius 3 is 2.58 bits per heavy atom. The number of nitrogens with zero attached hydrogens (tertiary/aromatic N) is 1. The van der Waals surface area contributed by atoms with E-state index in [9.17, 15) is 19.7 Å². The highest BCUT2D eigenvalue weighted by Gasteiger charge is 2.14. The largest absolute Gasteiger partial charge is 0.483 e. The minimum absolute atomic E-state index is 0.0224. The molecule has 26 heavy (non-hydrogen) atoms. The normalized spacial score (nSPS) is 11.5. The van der Waals surface area contributed by atoms with E-state index >= 15 is 0 Å². The first-order chi connectivity index (χ1) is 12.3. The molecule has 7 nitrogen and oxygen atoms in total. The molecule has 2 aromatic carbocycles. The molecule has 0 aliphatic rings. The lowest BCUT2D eigenvalue weighted by Gasteiger charge is -2.16. The minimum atomic E-state index is -0.602. The lowest BCUT2D eigenvalue weighted by Crippen LogP contribution is -2.31. The van der Waals surface area contributed by atoms with Crippen LogP contribution in [0.5, 0.6) is 5.75 Å². The van der Waals surface area contributed by atoms with E-state index in [1.807, 2.05) is 39.0 Å². The van der Waals surface area contributed by atoms with Gasteiger partial charge >= 0.3 is 0 Å². The number of hydrogen-bond donors (Lipinski definition) is 1. The first-order valence-electron chi connectivity index (χ1n) is 8.04. The molecule has 0 aliphatic carbocycles. The van der Waals surface area contributed by atoms with Crippen molar-refractivity contribution in [3.63, 3.8) is 0 Å². The summed E-state index contributed by atoms with van der Waals surface area (Å²) in [6, 6.07) is 9.40. The van der Waals surface area contributed by atoms with Crippen LogP contribution in [-0.4, -0.2) is 23.7 Å². The Bertz CT molecular complexity index is 848. The van der Waals surface area contributed by atoms with Gasteiger partial charge in [-0.1, -0.05) is 18.2 Å². The van der Waals surface area contributed by atoms with Gasteiger partial charge < -0.3 is 10.1 Å². The fraction of sp³-hybridized carbons (Fsp3) is 0.263. The van der Waals surface area contributed by atoms with Crippen LogP contribution in [0, 0.1) is 24.0 Å². The maximum Gasteiger partial charge on any atom is 0.270 e. The lowest BCUT2D eigenvalue weighted by atomic mass is 10.0. The molecule has 0 saturated carbocycles. The second-order valence-corrected chi connectivity index (χ2v) is 6.02. The van der Waals surface area contributed by atoms with Crippen LogP contribution in [0.15, 0.2) is 36.4 Å². The van der Waals surface area contributed by atoms with Crippen molar-refractivity contribution in [2.75, 3.05) is 6.61 Å². The first kappa shape index (κ1) is 19.1. The molecule has 136 valence electrons. The molecule has 0 heterocycles. The van der Waals surface area contributed by atoms with E-state index in [1.54, 1.807) is 0 Å². The van der Waals surface area contributed by atoms with Gasteiger partial charge in [0.05, 0.1) is 16.5 Å². The number of nitro benzene ring substituents is 1. The number of amides is 1. The summed E-state index contributed by atoms with van der Waals surface area (Å²) in [6.07, 6.45) is 0.456. The van der Waals surface area contributed by atoms with Gasteiger partial charge in [-0.25, -0.2) is 0 Å². The number of aryl methyl sites for hydroxylation is 2. The third-order valence-corrected chi connectivity index (χ3v) is 4.10. The van der Waals surface area contributed by atoms with Crippen LogP contribution in [-0.2, 0) is 4.79 Å². The second kappa shape index (κ2) is 8.24. The van der Waals surface area contributed by atoms with Crippen LogP contribution in [0.4, 0.5) is 5.69 Å². The van der Waals surface area contributed by atoms with E-state index < -0.39 is 4.92 Å². The molecule has 0 fully saturated rings. The second-order valence-electron chi connectivity index (χ2n) is 6.02. The number of aldehydes is 1. The van der Waals surface area contributed by atoms with Crippen molar-refractivity contribution in [2.24, 2.45) is 0 Å². The van der Waals surface area contributed by atoms with Crippen LogP contribution in [0.2, 0.25) is 0 Å². The maximum atomic E-state index is 12.1. The molecule has 1 N–H and O–H groups in total. The zero-order chi connectivity index (χ0) is 19.3. The molecular formula is C19H20N2O5. The van der Waals surface area contributed by atoms with Crippen molar-refractivity contribution in [1.82, 2.24) is 5.32 Å². The van der Waals surface area contributed by atoms with Crippen molar-refractivity contribution in [3.8, 4) is 5.75 Å². The molecular weight excluding hydrogens is 336 g/mol. The van der Waals surface area contributed by atoms with Crippen molar-refractivity contribution in [3.05, 3.63) is 68.8 Å². The molecule has 1 unspecified atom stereocenters. The molecule has 2 aromatic rings.